The summed E-state index contributed by atoms with van der Waals surface area (Å²) in [5.74, 6) is -3.18. The Kier molecular flexibility index (Phi) is 8.88. The number of aromatic carboxylic acids is 1. The predicted octanol–water partition coefficient (Wildman–Crippen LogP) is 6.44. The monoisotopic (exact) mass is 520 g/mol. The lowest BCUT2D eigenvalue weighted by Crippen LogP contribution is -2.41. The van der Waals surface area contributed by atoms with Crippen molar-refractivity contribution in [2.75, 3.05) is 11.9 Å². The van der Waals surface area contributed by atoms with Crippen LogP contribution in [0.3, 0.4) is 0 Å². The number of aryl methyl sites for hydroxylation is 2. The van der Waals surface area contributed by atoms with Crippen LogP contribution in [0.25, 0.3) is 11.1 Å². The Morgan fingerprint density at radius 2 is 1.66 bits per heavy atom. The van der Waals surface area contributed by atoms with Crippen LogP contribution in [0.15, 0.2) is 60.7 Å². The first-order chi connectivity index (χ1) is 17.9. The topological polar surface area (TPSA) is 95.9 Å². The molecule has 0 saturated heterocycles. The van der Waals surface area contributed by atoms with Crippen molar-refractivity contribution >= 4 is 23.7 Å². The number of ether oxygens (including phenoxy) is 1. The molecule has 0 fully saturated rings. The van der Waals surface area contributed by atoms with E-state index in [0.717, 1.165) is 29.2 Å². The molecule has 0 aliphatic heterocycles. The van der Waals surface area contributed by atoms with Crippen molar-refractivity contribution < 1.29 is 28.6 Å². The molecule has 3 aromatic rings. The first kappa shape index (κ1) is 28.4. The number of nitrogens with zero attached hydrogens (tertiary/aromatic N) is 1. The summed E-state index contributed by atoms with van der Waals surface area (Å²) in [5, 5.41) is 12.2. The van der Waals surface area contributed by atoms with Gasteiger partial charge in [0.25, 0.3) is 0 Å². The van der Waals surface area contributed by atoms with Crippen molar-refractivity contribution in [3.63, 3.8) is 0 Å². The molecule has 0 bridgehead atoms. The molecule has 2 N–H and O–H groups in total. The first-order valence-corrected chi connectivity index (χ1v) is 12.4. The molecule has 3 rings (SSSR count). The minimum Gasteiger partial charge on any atom is -0.478 e. The van der Waals surface area contributed by atoms with Gasteiger partial charge in [-0.1, -0.05) is 61.0 Å². The van der Waals surface area contributed by atoms with Gasteiger partial charge < -0.3 is 15.2 Å². The van der Waals surface area contributed by atoms with Crippen molar-refractivity contribution in [1.82, 2.24) is 4.90 Å². The largest absolute Gasteiger partial charge is 0.478 e. The van der Waals surface area contributed by atoms with Crippen LogP contribution in [-0.4, -0.2) is 40.1 Å². The van der Waals surface area contributed by atoms with Gasteiger partial charge in [0.15, 0.2) is 0 Å². The number of hydrogen-bond donors (Lipinski definition) is 2. The Labute approximate surface area is 222 Å². The van der Waals surface area contributed by atoms with E-state index in [0.29, 0.717) is 11.1 Å². The molecule has 7 nitrogen and oxygen atoms in total. The van der Waals surface area contributed by atoms with Gasteiger partial charge in [0.1, 0.15) is 23.5 Å². The highest BCUT2D eigenvalue weighted by atomic mass is 19.1. The van der Waals surface area contributed by atoms with Gasteiger partial charge in [0.05, 0.1) is 5.69 Å². The fourth-order valence-corrected chi connectivity index (χ4v) is 3.97. The Morgan fingerprint density at radius 1 is 0.974 bits per heavy atom. The third-order valence-corrected chi connectivity index (χ3v) is 5.69. The van der Waals surface area contributed by atoms with E-state index in [-0.39, 0.29) is 12.2 Å². The number of amides is 2. The minimum absolute atomic E-state index is 0.0913. The van der Waals surface area contributed by atoms with Gasteiger partial charge in [-0.3, -0.25) is 9.69 Å². The predicted molar refractivity (Wildman–Crippen MR) is 145 cm³/mol. The molecule has 0 aliphatic carbocycles. The Bertz CT molecular complexity index is 1350. The summed E-state index contributed by atoms with van der Waals surface area (Å²) in [5.41, 5.74) is 2.27. The van der Waals surface area contributed by atoms with Gasteiger partial charge in [0.2, 0.25) is 5.91 Å². The lowest BCUT2D eigenvalue weighted by Gasteiger charge is -2.27. The average molecular weight is 521 g/mol. The van der Waals surface area contributed by atoms with Crippen LogP contribution in [0.4, 0.5) is 14.9 Å². The van der Waals surface area contributed by atoms with E-state index in [1.807, 2.05) is 56.3 Å². The van der Waals surface area contributed by atoms with Crippen LogP contribution in [0.1, 0.15) is 54.7 Å². The molecule has 8 heteroatoms. The van der Waals surface area contributed by atoms with Gasteiger partial charge in [-0.05, 0) is 68.5 Å². The van der Waals surface area contributed by atoms with E-state index in [1.165, 1.54) is 11.0 Å². The van der Waals surface area contributed by atoms with Crippen molar-refractivity contribution in [2.45, 2.75) is 53.2 Å². The minimum atomic E-state index is -1.52. The van der Waals surface area contributed by atoms with Crippen molar-refractivity contribution in [3.8, 4) is 11.1 Å². The van der Waals surface area contributed by atoms with Gasteiger partial charge in [-0.15, -0.1) is 0 Å². The van der Waals surface area contributed by atoms with E-state index >= 15 is 0 Å². The standard InChI is InChI=1S/C30H33FN2O5/c1-6-20-10-8-12-22(14-20)23-15-24(31)27(28(35)36)25(16-23)32-26(34)18-33(29(37)38-30(3,4)5)17-21-11-7-9-19(2)13-21/h7-16H,6,17-18H2,1-5H3,(H,32,34)(H,35,36). The number of carbonyl (C=O) groups excluding carboxylic acids is 2. The lowest BCUT2D eigenvalue weighted by atomic mass is 9.99. The molecule has 0 unspecified atom stereocenters. The first-order valence-electron chi connectivity index (χ1n) is 12.4. The Morgan fingerprint density at radius 3 is 2.29 bits per heavy atom. The van der Waals surface area contributed by atoms with Crippen LogP contribution in [0.2, 0.25) is 0 Å². The molecule has 0 aromatic heterocycles. The second-order valence-electron chi connectivity index (χ2n) is 10.1. The highest BCUT2D eigenvalue weighted by Crippen LogP contribution is 2.29. The third-order valence-electron chi connectivity index (χ3n) is 5.69. The Balaban J connectivity index is 1.92. The molecule has 0 atom stereocenters. The van der Waals surface area contributed by atoms with Gasteiger partial charge in [-0.25, -0.2) is 14.0 Å². The molecule has 38 heavy (non-hydrogen) atoms. The van der Waals surface area contributed by atoms with Gasteiger partial charge in [0, 0.05) is 6.54 Å². The number of benzene rings is 3. The number of hydrogen-bond acceptors (Lipinski definition) is 4. The Hall–Kier alpha value is -4.20. The molecule has 3 aromatic carbocycles. The quantitative estimate of drug-likeness (QED) is 0.356. The number of carboxylic acids is 1. The fourth-order valence-electron chi connectivity index (χ4n) is 3.97. The van der Waals surface area contributed by atoms with E-state index in [1.54, 1.807) is 26.8 Å². The number of rotatable bonds is 8. The van der Waals surface area contributed by atoms with E-state index in [4.69, 9.17) is 4.74 Å². The van der Waals surface area contributed by atoms with E-state index in [9.17, 15) is 23.9 Å². The summed E-state index contributed by atoms with van der Waals surface area (Å²) in [4.78, 5) is 39.1. The molecule has 0 radical (unpaired) electrons. The molecule has 200 valence electrons. The summed E-state index contributed by atoms with van der Waals surface area (Å²) >= 11 is 0. The fraction of sp³-hybridized carbons (Fsp3) is 0.300. The molecule has 0 spiro atoms. The summed E-state index contributed by atoms with van der Waals surface area (Å²) < 4.78 is 20.5. The second kappa shape index (κ2) is 11.9. The van der Waals surface area contributed by atoms with E-state index in [2.05, 4.69) is 5.32 Å². The maximum Gasteiger partial charge on any atom is 0.411 e. The molecule has 2 amide bonds. The maximum atomic E-state index is 15.0. The van der Waals surface area contributed by atoms with E-state index < -0.39 is 41.5 Å². The van der Waals surface area contributed by atoms with Crippen LogP contribution in [0.5, 0.6) is 0 Å². The maximum absolute atomic E-state index is 15.0. The van der Waals surface area contributed by atoms with Crippen LogP contribution in [0, 0.1) is 12.7 Å². The normalized spacial score (nSPS) is 11.1. The lowest BCUT2D eigenvalue weighted by molar-refractivity contribution is -0.117. The molecule has 0 saturated carbocycles. The van der Waals surface area contributed by atoms with Crippen molar-refractivity contribution in [2.24, 2.45) is 0 Å². The molecular formula is C30H33FN2O5. The highest BCUT2D eigenvalue weighted by molar-refractivity contribution is 6.02. The number of nitrogens with one attached hydrogen (secondary N) is 1. The van der Waals surface area contributed by atoms with Crippen LogP contribution in [-0.2, 0) is 22.5 Å². The number of anilines is 1. The third kappa shape index (κ3) is 7.65. The molecular weight excluding hydrogens is 487 g/mol. The number of carboxylic acid groups (broad SMARTS) is 1. The summed E-state index contributed by atoms with van der Waals surface area (Å²) in [7, 11) is 0. The number of halogens is 1. The second-order valence-corrected chi connectivity index (χ2v) is 10.1. The van der Waals surface area contributed by atoms with Crippen molar-refractivity contribution in [3.05, 3.63) is 88.7 Å². The zero-order valence-electron chi connectivity index (χ0n) is 22.3. The smallest absolute Gasteiger partial charge is 0.411 e. The van der Waals surface area contributed by atoms with Gasteiger partial charge >= 0.3 is 12.1 Å². The summed E-state index contributed by atoms with van der Waals surface area (Å²) in [6.45, 7) is 8.72. The number of carbonyl (C=O) groups is 3. The zero-order chi connectivity index (χ0) is 28.0. The molecule has 0 aliphatic rings. The van der Waals surface area contributed by atoms with Gasteiger partial charge in [-0.2, -0.15) is 0 Å². The molecule has 0 heterocycles. The van der Waals surface area contributed by atoms with Crippen molar-refractivity contribution in [1.29, 1.82) is 0 Å². The summed E-state index contributed by atoms with van der Waals surface area (Å²) in [6.07, 6.45) is 0.0677. The average Bonchev–Trinajstić information content (AvgIpc) is 2.82. The van der Waals surface area contributed by atoms with Crippen LogP contribution >= 0.6 is 0 Å². The highest BCUT2D eigenvalue weighted by Gasteiger charge is 2.26. The summed E-state index contributed by atoms with van der Waals surface area (Å²) in [6, 6.07) is 17.5. The van der Waals surface area contributed by atoms with Crippen LogP contribution < -0.4 is 5.32 Å². The SMILES string of the molecule is CCc1cccc(-c2cc(F)c(C(=O)O)c(NC(=O)CN(Cc3cccc(C)c3)C(=O)OC(C)(C)C)c2)c1. The zero-order valence-corrected chi connectivity index (χ0v) is 22.3.